The first-order valence-corrected chi connectivity index (χ1v) is 5.75. The van der Waals surface area contributed by atoms with E-state index in [-0.39, 0.29) is 5.78 Å². The number of carboxylic acids is 1. The summed E-state index contributed by atoms with van der Waals surface area (Å²) in [5.74, 6) is -2.71. The molecule has 0 spiro atoms. The van der Waals surface area contributed by atoms with E-state index in [9.17, 15) is 14.7 Å². The van der Waals surface area contributed by atoms with Gasteiger partial charge >= 0.3 is 5.97 Å². The third kappa shape index (κ3) is 3.17. The number of aliphatic hydroxyl groups excluding tert-OH is 1. The van der Waals surface area contributed by atoms with Crippen LogP contribution in [0.3, 0.4) is 0 Å². The molecule has 0 saturated carbocycles. The molecule has 0 fully saturated rings. The van der Waals surface area contributed by atoms with Crippen LogP contribution in [0.25, 0.3) is 0 Å². The molecule has 2 N–H and O–H groups in total. The molecular weight excluding hydrogens is 232 g/mol. The Bertz CT molecular complexity index is 431. The number of aliphatic carboxylic acids is 1. The van der Waals surface area contributed by atoms with Gasteiger partial charge < -0.3 is 10.2 Å². The Hall–Kier alpha value is -1.68. The molecule has 1 rings (SSSR count). The third-order valence-electron chi connectivity index (χ3n) is 2.75. The molecule has 0 saturated heterocycles. The molecule has 2 unspecified atom stereocenters. The summed E-state index contributed by atoms with van der Waals surface area (Å²) in [7, 11) is 0. The lowest BCUT2D eigenvalue weighted by Gasteiger charge is -2.26. The molecule has 4 nitrogen and oxygen atoms in total. The zero-order valence-corrected chi connectivity index (χ0v) is 10.8. The van der Waals surface area contributed by atoms with Crippen molar-refractivity contribution in [3.8, 4) is 0 Å². The predicted octanol–water partition coefficient (Wildman–Crippen LogP) is 1.83. The minimum absolute atomic E-state index is 0.288. The van der Waals surface area contributed by atoms with Gasteiger partial charge in [0.15, 0.2) is 6.10 Å². The van der Waals surface area contributed by atoms with Crippen molar-refractivity contribution in [2.24, 2.45) is 5.41 Å². The van der Waals surface area contributed by atoms with Gasteiger partial charge in [0, 0.05) is 5.41 Å². The Morgan fingerprint density at radius 1 is 1.11 bits per heavy atom. The normalized spacial score (nSPS) is 14.9. The lowest BCUT2D eigenvalue weighted by atomic mass is 9.77. The van der Waals surface area contributed by atoms with Gasteiger partial charge in [0.25, 0.3) is 0 Å². The van der Waals surface area contributed by atoms with Crippen LogP contribution >= 0.6 is 0 Å². The summed E-state index contributed by atoms with van der Waals surface area (Å²) in [6.07, 6.45) is -1.72. The fourth-order valence-electron chi connectivity index (χ4n) is 1.75. The maximum Gasteiger partial charge on any atom is 0.333 e. The van der Waals surface area contributed by atoms with Gasteiger partial charge in [-0.15, -0.1) is 0 Å². The zero-order valence-electron chi connectivity index (χ0n) is 10.8. The highest BCUT2D eigenvalue weighted by atomic mass is 16.4. The SMILES string of the molecule is CC(C)(C)C(=O)C(c1ccccc1)C(O)C(=O)O. The third-order valence-corrected chi connectivity index (χ3v) is 2.75. The Balaban J connectivity index is 3.20. The van der Waals surface area contributed by atoms with Crippen molar-refractivity contribution in [1.82, 2.24) is 0 Å². The van der Waals surface area contributed by atoms with Crippen LogP contribution in [0.1, 0.15) is 32.3 Å². The standard InChI is InChI=1S/C14H18O4/c1-14(2,3)12(16)10(11(15)13(17)18)9-7-5-4-6-8-9/h4-8,10-11,15H,1-3H3,(H,17,18). The summed E-state index contributed by atoms with van der Waals surface area (Å²) in [4.78, 5) is 23.2. The Kier molecular flexibility index (Phi) is 4.24. The molecule has 0 aliphatic carbocycles. The number of carbonyl (C=O) groups is 2. The number of benzene rings is 1. The van der Waals surface area contributed by atoms with Crippen molar-refractivity contribution in [2.45, 2.75) is 32.8 Å². The number of carboxylic acid groups (broad SMARTS) is 1. The average Bonchev–Trinajstić information content (AvgIpc) is 2.29. The average molecular weight is 250 g/mol. The highest BCUT2D eigenvalue weighted by molar-refractivity contribution is 5.94. The molecule has 0 aromatic heterocycles. The van der Waals surface area contributed by atoms with Crippen LogP contribution in [-0.4, -0.2) is 28.1 Å². The van der Waals surface area contributed by atoms with Crippen LogP contribution in [0.4, 0.5) is 0 Å². The number of Topliss-reactive ketones (excluding diaryl/α,β-unsaturated/α-hetero) is 1. The number of hydrogen-bond acceptors (Lipinski definition) is 3. The van der Waals surface area contributed by atoms with E-state index in [1.165, 1.54) is 0 Å². The van der Waals surface area contributed by atoms with E-state index < -0.39 is 23.4 Å². The molecule has 0 amide bonds. The van der Waals surface area contributed by atoms with E-state index >= 15 is 0 Å². The smallest absolute Gasteiger partial charge is 0.333 e. The molecule has 1 aromatic carbocycles. The number of carbonyl (C=O) groups excluding carboxylic acids is 1. The molecule has 2 atom stereocenters. The van der Waals surface area contributed by atoms with Crippen LogP contribution in [-0.2, 0) is 9.59 Å². The van der Waals surface area contributed by atoms with Gasteiger partial charge in [-0.2, -0.15) is 0 Å². The Labute approximate surface area is 106 Å². The van der Waals surface area contributed by atoms with Crippen molar-refractivity contribution in [3.05, 3.63) is 35.9 Å². The van der Waals surface area contributed by atoms with Crippen LogP contribution in [0.15, 0.2) is 30.3 Å². The lowest BCUT2D eigenvalue weighted by molar-refractivity contribution is -0.151. The topological polar surface area (TPSA) is 74.6 Å². The molecule has 0 bridgehead atoms. The van der Waals surface area contributed by atoms with Crippen molar-refractivity contribution in [3.63, 3.8) is 0 Å². The highest BCUT2D eigenvalue weighted by Crippen LogP contribution is 2.30. The van der Waals surface area contributed by atoms with Gasteiger partial charge in [-0.05, 0) is 5.56 Å². The molecule has 1 aromatic rings. The van der Waals surface area contributed by atoms with E-state index in [0.717, 1.165) is 0 Å². The largest absolute Gasteiger partial charge is 0.479 e. The monoisotopic (exact) mass is 250 g/mol. The maximum absolute atomic E-state index is 12.3. The zero-order chi connectivity index (χ0) is 13.9. The van der Waals surface area contributed by atoms with Crippen molar-refractivity contribution < 1.29 is 19.8 Å². The molecule has 0 aliphatic heterocycles. The first-order chi connectivity index (χ1) is 8.25. The predicted molar refractivity (Wildman–Crippen MR) is 67.3 cm³/mol. The number of rotatable bonds is 4. The van der Waals surface area contributed by atoms with Crippen molar-refractivity contribution in [1.29, 1.82) is 0 Å². The second-order valence-electron chi connectivity index (χ2n) is 5.29. The summed E-state index contributed by atoms with van der Waals surface area (Å²) in [5, 5.41) is 18.7. The van der Waals surface area contributed by atoms with Crippen LogP contribution in [0.5, 0.6) is 0 Å². The molecule has 0 radical (unpaired) electrons. The molecule has 98 valence electrons. The molecule has 4 heteroatoms. The Morgan fingerprint density at radius 2 is 1.61 bits per heavy atom. The number of ketones is 1. The summed E-state index contributed by atoms with van der Waals surface area (Å²) in [6.45, 7) is 5.12. The molecule has 18 heavy (non-hydrogen) atoms. The minimum Gasteiger partial charge on any atom is -0.479 e. The molecule has 0 heterocycles. The van der Waals surface area contributed by atoms with Gasteiger partial charge in [-0.1, -0.05) is 51.1 Å². The van der Waals surface area contributed by atoms with Crippen LogP contribution in [0, 0.1) is 5.41 Å². The fourth-order valence-corrected chi connectivity index (χ4v) is 1.75. The van der Waals surface area contributed by atoms with E-state index in [4.69, 9.17) is 5.11 Å². The number of hydrogen-bond donors (Lipinski definition) is 2. The number of aliphatic hydroxyl groups is 1. The maximum atomic E-state index is 12.3. The van der Waals surface area contributed by atoms with E-state index in [0.29, 0.717) is 5.56 Å². The van der Waals surface area contributed by atoms with Gasteiger partial charge in [0.05, 0.1) is 5.92 Å². The van der Waals surface area contributed by atoms with Crippen molar-refractivity contribution in [2.75, 3.05) is 0 Å². The Morgan fingerprint density at radius 3 is 2.00 bits per heavy atom. The van der Waals surface area contributed by atoms with E-state index in [1.54, 1.807) is 51.1 Å². The molecule has 0 aliphatic rings. The first kappa shape index (κ1) is 14.4. The first-order valence-electron chi connectivity index (χ1n) is 5.75. The van der Waals surface area contributed by atoms with Gasteiger partial charge in [-0.25, -0.2) is 4.79 Å². The van der Waals surface area contributed by atoms with E-state index in [2.05, 4.69) is 0 Å². The van der Waals surface area contributed by atoms with Crippen molar-refractivity contribution >= 4 is 11.8 Å². The molecular formula is C14H18O4. The second kappa shape index (κ2) is 5.31. The van der Waals surface area contributed by atoms with Gasteiger partial charge in [0.2, 0.25) is 0 Å². The summed E-state index contributed by atoms with van der Waals surface area (Å²) in [6, 6.07) is 8.51. The highest BCUT2D eigenvalue weighted by Gasteiger charge is 2.38. The second-order valence-corrected chi connectivity index (χ2v) is 5.29. The lowest BCUT2D eigenvalue weighted by Crippen LogP contribution is -2.38. The summed E-state index contributed by atoms with van der Waals surface area (Å²) < 4.78 is 0. The van der Waals surface area contributed by atoms with Gasteiger partial charge in [-0.3, -0.25) is 4.79 Å². The van der Waals surface area contributed by atoms with Crippen LogP contribution < -0.4 is 0 Å². The quantitative estimate of drug-likeness (QED) is 0.855. The summed E-state index contributed by atoms with van der Waals surface area (Å²) >= 11 is 0. The van der Waals surface area contributed by atoms with Crippen LogP contribution in [0.2, 0.25) is 0 Å². The van der Waals surface area contributed by atoms with Gasteiger partial charge in [0.1, 0.15) is 5.78 Å². The fraction of sp³-hybridized carbons (Fsp3) is 0.429. The van der Waals surface area contributed by atoms with E-state index in [1.807, 2.05) is 0 Å². The minimum atomic E-state index is -1.72. The summed E-state index contributed by atoms with van der Waals surface area (Å²) in [5.41, 5.74) is -0.191.